The molecule has 0 bridgehead atoms. The molecule has 0 radical (unpaired) electrons. The number of morpholine rings is 1. The monoisotopic (exact) mass is 464 g/mol. The molecule has 2 aliphatic heterocycles. The molecule has 7 nitrogen and oxygen atoms in total. The molecule has 1 unspecified atom stereocenters. The van der Waals surface area contributed by atoms with Gasteiger partial charge in [-0.3, -0.25) is 0 Å². The van der Waals surface area contributed by atoms with E-state index in [9.17, 15) is 0 Å². The quantitative estimate of drug-likeness (QED) is 0.475. The lowest BCUT2D eigenvalue weighted by Crippen LogP contribution is -2.44. The number of nitrogens with one attached hydrogen (secondary N) is 1. The van der Waals surface area contributed by atoms with Crippen LogP contribution in [0.3, 0.4) is 0 Å². The van der Waals surface area contributed by atoms with Crippen LogP contribution < -0.4 is 11.1 Å². The Hall–Kier alpha value is -1.87. The fourth-order valence-corrected chi connectivity index (χ4v) is 4.62. The first-order valence-corrected chi connectivity index (χ1v) is 12.1. The van der Waals surface area contributed by atoms with Gasteiger partial charge in [0.15, 0.2) is 5.82 Å². The van der Waals surface area contributed by atoms with Crippen molar-refractivity contribution in [2.75, 3.05) is 36.2 Å². The van der Waals surface area contributed by atoms with Crippen molar-refractivity contribution in [2.45, 2.75) is 39.7 Å². The molecule has 5 heterocycles. The predicted octanol–water partition coefficient (Wildman–Crippen LogP) is 5.60. The number of anilines is 1. The Morgan fingerprint density at radius 1 is 1.19 bits per heavy atom. The number of nitrogens with zero attached hydrogens (tertiary/aromatic N) is 4. The maximum absolute atomic E-state index is 6.13. The highest BCUT2D eigenvalue weighted by Gasteiger charge is 2.21. The first-order chi connectivity index (χ1) is 14.7. The Labute approximate surface area is 193 Å². The molecular weight excluding hydrogens is 432 g/mol. The molecule has 0 saturated carbocycles. The molecule has 170 valence electrons. The van der Waals surface area contributed by atoms with Crippen molar-refractivity contribution in [1.29, 1.82) is 0 Å². The molecule has 31 heavy (non-hydrogen) atoms. The minimum atomic E-state index is 0. The minimum absolute atomic E-state index is 0. The van der Waals surface area contributed by atoms with E-state index in [1.807, 2.05) is 32.2 Å². The average molecular weight is 465 g/mol. The van der Waals surface area contributed by atoms with Crippen LogP contribution in [-0.2, 0) is 4.74 Å². The lowest BCUT2D eigenvalue weighted by atomic mass is 10.1. The van der Waals surface area contributed by atoms with Crippen LogP contribution in [0.25, 0.3) is 22.4 Å². The molecule has 3 aromatic heterocycles. The highest BCUT2D eigenvalue weighted by molar-refractivity contribution is 7.99. The largest absolute Gasteiger partial charge is 0.377 e. The molecule has 3 aromatic rings. The summed E-state index contributed by atoms with van der Waals surface area (Å²) < 4.78 is 5.50. The fourth-order valence-electron chi connectivity index (χ4n) is 3.41. The smallest absolute Gasteiger partial charge is 0.162 e. The van der Waals surface area contributed by atoms with Gasteiger partial charge in [0.25, 0.3) is 0 Å². The Morgan fingerprint density at radius 3 is 2.65 bits per heavy atom. The second-order valence-electron chi connectivity index (χ2n) is 6.91. The van der Waals surface area contributed by atoms with Crippen LogP contribution in [0.15, 0.2) is 30.6 Å². The lowest BCUT2D eigenvalue weighted by molar-refractivity contribution is 0.0985. The van der Waals surface area contributed by atoms with Crippen molar-refractivity contribution in [3.8, 4) is 11.4 Å². The van der Waals surface area contributed by atoms with Crippen LogP contribution in [0.1, 0.15) is 33.6 Å². The molecule has 4 N–H and O–H groups in total. The van der Waals surface area contributed by atoms with Crippen LogP contribution >= 0.6 is 23.4 Å². The summed E-state index contributed by atoms with van der Waals surface area (Å²) in [6.07, 6.45) is 6.55. The zero-order valence-corrected chi connectivity index (χ0v) is 20.2. The van der Waals surface area contributed by atoms with Gasteiger partial charge in [-0.25, -0.2) is 15.0 Å². The molecule has 1 atom stereocenters. The third-order valence-electron chi connectivity index (χ3n) is 4.87. The Balaban J connectivity index is 0.000000371. The van der Waals surface area contributed by atoms with Crippen molar-refractivity contribution in [2.24, 2.45) is 0 Å². The van der Waals surface area contributed by atoms with E-state index in [1.54, 1.807) is 12.3 Å². The van der Waals surface area contributed by atoms with E-state index in [4.69, 9.17) is 21.3 Å². The molecule has 2 aliphatic rings. The van der Waals surface area contributed by atoms with Gasteiger partial charge in [0.1, 0.15) is 16.6 Å². The Morgan fingerprint density at radius 2 is 1.97 bits per heavy atom. The second-order valence-corrected chi connectivity index (χ2v) is 8.52. The van der Waals surface area contributed by atoms with Gasteiger partial charge >= 0.3 is 0 Å². The van der Waals surface area contributed by atoms with Crippen molar-refractivity contribution in [1.82, 2.24) is 26.1 Å². The molecule has 0 aliphatic carbocycles. The molecule has 2 fully saturated rings. The number of ether oxygens (including phenoxy) is 1. The first-order valence-electron chi connectivity index (χ1n) is 10.6. The number of thioether (sulfide) groups is 1. The van der Waals surface area contributed by atoms with Gasteiger partial charge in [-0.15, -0.1) is 0 Å². The van der Waals surface area contributed by atoms with Gasteiger partial charge in [0.05, 0.1) is 19.3 Å². The number of fused-ring (bicyclic) bond motifs is 1. The van der Waals surface area contributed by atoms with Crippen molar-refractivity contribution >= 4 is 40.2 Å². The lowest BCUT2D eigenvalue weighted by Gasteiger charge is -2.34. The normalized spacial score (nSPS) is 17.8. The van der Waals surface area contributed by atoms with Crippen LogP contribution in [0.2, 0.25) is 5.15 Å². The summed E-state index contributed by atoms with van der Waals surface area (Å²) in [6.45, 7) is 8.39. The zero-order valence-electron chi connectivity index (χ0n) is 18.6. The Bertz CT molecular complexity index is 926. The topological polar surface area (TPSA) is 102 Å². The number of halogens is 1. The summed E-state index contributed by atoms with van der Waals surface area (Å²) in [5.41, 5.74) is 1.62. The van der Waals surface area contributed by atoms with E-state index in [-0.39, 0.29) is 6.15 Å². The maximum atomic E-state index is 6.13. The van der Waals surface area contributed by atoms with E-state index in [2.05, 4.69) is 38.5 Å². The number of hydrogen-bond acceptors (Lipinski definition) is 7. The fraction of sp³-hybridized carbons (Fsp3) is 0.500. The summed E-state index contributed by atoms with van der Waals surface area (Å²) in [6, 6.07) is 5.99. The Kier molecular flexibility index (Phi) is 10.5. The van der Waals surface area contributed by atoms with Crippen molar-refractivity contribution < 1.29 is 4.74 Å². The first kappa shape index (κ1) is 25.4. The van der Waals surface area contributed by atoms with E-state index < -0.39 is 0 Å². The van der Waals surface area contributed by atoms with Crippen LogP contribution in [0.5, 0.6) is 0 Å². The highest BCUT2D eigenvalue weighted by atomic mass is 35.5. The third-order valence-corrected chi connectivity index (χ3v) is 6.22. The number of aromatic nitrogens is 4. The summed E-state index contributed by atoms with van der Waals surface area (Å²) in [5.74, 6) is 4.39. The van der Waals surface area contributed by atoms with Crippen molar-refractivity contribution in [3.63, 3.8) is 0 Å². The number of pyridine rings is 1. The number of aromatic amines is 1. The van der Waals surface area contributed by atoms with Gasteiger partial charge in [-0.05, 0) is 49.5 Å². The van der Waals surface area contributed by atoms with Crippen LogP contribution in [0.4, 0.5) is 5.82 Å². The van der Waals surface area contributed by atoms with E-state index in [0.717, 1.165) is 29.0 Å². The second kappa shape index (κ2) is 12.9. The maximum Gasteiger partial charge on any atom is 0.162 e. The standard InChI is InChI=1S/C16H16ClN5O.C4H8S.C2H6.H3N/c1-10-9-23-7-6-22(10)14-3-5-19-16(21-14)12-8-13(17)20-15-11(12)2-4-18-15;1-2-4-5-3-1;1-2;/h2-5,8,10H,6-7,9H2,1H3,(H,18,20);1-4H2;1-2H3;1H3. The zero-order chi connectivity index (χ0) is 21.3. The molecule has 0 amide bonds. The molecule has 0 spiro atoms. The van der Waals surface area contributed by atoms with Gasteiger partial charge in [0.2, 0.25) is 0 Å². The number of rotatable bonds is 2. The SMILES string of the molecule is C1CCSC1.CC.CC1COCCN1c1ccnc(-c2cc(Cl)nc3[nH]ccc23)n1.N. The third kappa shape index (κ3) is 6.55. The molecule has 2 saturated heterocycles. The summed E-state index contributed by atoms with van der Waals surface area (Å²) in [5, 5.41) is 1.38. The van der Waals surface area contributed by atoms with Gasteiger partial charge in [-0.1, -0.05) is 25.4 Å². The molecular formula is C22H33ClN6OS. The number of hydrogen-bond donors (Lipinski definition) is 2. The van der Waals surface area contributed by atoms with Gasteiger partial charge in [0, 0.05) is 29.9 Å². The van der Waals surface area contributed by atoms with E-state index in [0.29, 0.717) is 30.2 Å². The summed E-state index contributed by atoms with van der Waals surface area (Å²) in [4.78, 5) is 18.8. The average Bonchev–Trinajstić information content (AvgIpc) is 3.50. The molecule has 9 heteroatoms. The van der Waals surface area contributed by atoms with Gasteiger partial charge < -0.3 is 20.8 Å². The van der Waals surface area contributed by atoms with Crippen LogP contribution in [-0.4, -0.2) is 57.2 Å². The summed E-state index contributed by atoms with van der Waals surface area (Å²) >= 11 is 8.20. The molecule has 0 aromatic carbocycles. The minimum Gasteiger partial charge on any atom is -0.377 e. The number of H-pyrrole nitrogens is 1. The predicted molar refractivity (Wildman–Crippen MR) is 133 cm³/mol. The van der Waals surface area contributed by atoms with Gasteiger partial charge in [-0.2, -0.15) is 11.8 Å². The van der Waals surface area contributed by atoms with E-state index in [1.165, 1.54) is 24.3 Å². The van der Waals surface area contributed by atoms with Crippen molar-refractivity contribution in [3.05, 3.63) is 35.7 Å². The molecule has 5 rings (SSSR count). The summed E-state index contributed by atoms with van der Waals surface area (Å²) in [7, 11) is 0. The van der Waals surface area contributed by atoms with Crippen LogP contribution in [0, 0.1) is 0 Å². The highest BCUT2D eigenvalue weighted by Crippen LogP contribution is 2.29. The van der Waals surface area contributed by atoms with E-state index >= 15 is 0 Å².